The Hall–Kier alpha value is -2.47. The highest BCUT2D eigenvalue weighted by Gasteiger charge is 2.58. The molecule has 0 amide bonds. The molecule has 0 aromatic heterocycles. The maximum absolute atomic E-state index is 12.9. The summed E-state index contributed by atoms with van der Waals surface area (Å²) in [6, 6.07) is 5.91. The van der Waals surface area contributed by atoms with E-state index in [-0.39, 0.29) is 36.1 Å². The molecule has 158 valence electrons. The van der Waals surface area contributed by atoms with Crippen LogP contribution in [0.1, 0.15) is 45.6 Å². The maximum Gasteiger partial charge on any atom is 0.240 e. The lowest BCUT2D eigenvalue weighted by atomic mass is 9.75. The van der Waals surface area contributed by atoms with Gasteiger partial charge in [-0.2, -0.15) is 0 Å². The molecule has 6 heteroatoms. The van der Waals surface area contributed by atoms with E-state index in [0.29, 0.717) is 13.1 Å². The lowest BCUT2D eigenvalue weighted by Crippen LogP contribution is -2.54. The number of anilines is 1. The highest BCUT2D eigenvalue weighted by molar-refractivity contribution is 6.10. The highest BCUT2D eigenvalue weighted by atomic mass is 16.6. The Morgan fingerprint density at radius 1 is 1.28 bits per heavy atom. The number of ketones is 1. The van der Waals surface area contributed by atoms with Crippen LogP contribution in [0, 0.1) is 0 Å². The van der Waals surface area contributed by atoms with Gasteiger partial charge in [-0.05, 0) is 57.9 Å². The zero-order valence-electron chi connectivity index (χ0n) is 17.9. The third-order valence-electron chi connectivity index (χ3n) is 5.22. The molecule has 6 nitrogen and oxygen atoms in total. The Kier molecular flexibility index (Phi) is 5.94. The quantitative estimate of drug-likeness (QED) is 0.638. The van der Waals surface area contributed by atoms with Gasteiger partial charge < -0.3 is 24.2 Å². The summed E-state index contributed by atoms with van der Waals surface area (Å²) in [4.78, 5) is 15.1. The highest BCUT2D eigenvalue weighted by Crippen LogP contribution is 2.48. The van der Waals surface area contributed by atoms with Crippen LogP contribution in [0.15, 0.2) is 42.4 Å². The molecule has 2 atom stereocenters. The van der Waals surface area contributed by atoms with E-state index in [1.165, 1.54) is 0 Å². The summed E-state index contributed by atoms with van der Waals surface area (Å²) in [5, 5.41) is 11.3. The number of Topliss-reactive ketones (excluding diaryl/α,β-unsaturated/α-hetero) is 1. The van der Waals surface area contributed by atoms with Crippen LogP contribution in [0.4, 0.5) is 5.69 Å². The SMILES string of the molecule is C=CCN1CC(CC2(O)C(=O)C(OC(C)C)=C2OC(C)C)c2cc(OC)ccc21. The van der Waals surface area contributed by atoms with Crippen LogP contribution in [0.3, 0.4) is 0 Å². The predicted octanol–water partition coefficient (Wildman–Crippen LogP) is 3.55. The molecule has 1 N–H and O–H groups in total. The van der Waals surface area contributed by atoms with Crippen LogP contribution < -0.4 is 9.64 Å². The fraction of sp³-hybridized carbons (Fsp3) is 0.522. The smallest absolute Gasteiger partial charge is 0.240 e. The van der Waals surface area contributed by atoms with Crippen LogP contribution in [-0.2, 0) is 14.3 Å². The van der Waals surface area contributed by atoms with Gasteiger partial charge in [0.2, 0.25) is 11.5 Å². The largest absolute Gasteiger partial charge is 0.497 e. The molecule has 1 aromatic carbocycles. The molecule has 2 unspecified atom stereocenters. The number of benzene rings is 1. The standard InChI is InChI=1S/C23H31NO5/c1-7-10-24-13-16(18-11-17(27-6)8-9-19(18)24)12-23(26)21(25)20(28-14(2)3)22(23)29-15(4)5/h7-9,11,14-16,26H,1,10,12-13H2,2-6H3. The molecule has 1 aromatic rings. The molecule has 0 bridgehead atoms. The number of nitrogens with zero attached hydrogens (tertiary/aromatic N) is 1. The summed E-state index contributed by atoms with van der Waals surface area (Å²) < 4.78 is 16.9. The van der Waals surface area contributed by atoms with Gasteiger partial charge in [0.25, 0.3) is 0 Å². The van der Waals surface area contributed by atoms with Crippen molar-refractivity contribution < 1.29 is 24.1 Å². The first-order valence-corrected chi connectivity index (χ1v) is 10.1. The molecule has 0 radical (unpaired) electrons. The number of ether oxygens (including phenoxy) is 3. The van der Waals surface area contributed by atoms with Crippen molar-refractivity contribution in [1.29, 1.82) is 0 Å². The van der Waals surface area contributed by atoms with E-state index < -0.39 is 11.4 Å². The molecule has 3 rings (SSSR count). The molecule has 1 heterocycles. The van der Waals surface area contributed by atoms with E-state index in [1.54, 1.807) is 7.11 Å². The van der Waals surface area contributed by atoms with E-state index in [2.05, 4.69) is 11.5 Å². The van der Waals surface area contributed by atoms with Gasteiger partial charge >= 0.3 is 0 Å². The molecule has 1 aliphatic heterocycles. The second-order valence-corrected chi connectivity index (χ2v) is 8.20. The second-order valence-electron chi connectivity index (χ2n) is 8.20. The van der Waals surface area contributed by atoms with Crippen molar-refractivity contribution in [3.05, 3.63) is 47.9 Å². The number of aliphatic hydroxyl groups is 1. The number of hydrogen-bond acceptors (Lipinski definition) is 6. The van der Waals surface area contributed by atoms with Crippen molar-refractivity contribution >= 4 is 11.5 Å². The monoisotopic (exact) mass is 401 g/mol. The van der Waals surface area contributed by atoms with Gasteiger partial charge in [-0.15, -0.1) is 6.58 Å². The second kappa shape index (κ2) is 8.11. The normalized spacial score (nSPS) is 23.4. The van der Waals surface area contributed by atoms with E-state index in [9.17, 15) is 9.90 Å². The Morgan fingerprint density at radius 2 is 1.97 bits per heavy atom. The molecule has 0 saturated heterocycles. The average molecular weight is 402 g/mol. The molecule has 1 aliphatic carbocycles. The summed E-state index contributed by atoms with van der Waals surface area (Å²) in [6.07, 6.45) is 1.72. The third-order valence-corrected chi connectivity index (χ3v) is 5.22. The molecule has 0 saturated carbocycles. The predicted molar refractivity (Wildman–Crippen MR) is 112 cm³/mol. The van der Waals surface area contributed by atoms with Crippen molar-refractivity contribution in [3.8, 4) is 5.75 Å². The van der Waals surface area contributed by atoms with Crippen molar-refractivity contribution in [2.75, 3.05) is 25.1 Å². The molecule has 0 fully saturated rings. The van der Waals surface area contributed by atoms with Gasteiger partial charge in [-0.25, -0.2) is 0 Å². The molecule has 0 spiro atoms. The van der Waals surface area contributed by atoms with E-state index in [1.807, 2.05) is 52.0 Å². The first-order chi connectivity index (χ1) is 13.7. The number of fused-ring (bicyclic) bond motifs is 1. The number of methoxy groups -OCH3 is 1. The van der Waals surface area contributed by atoms with Crippen LogP contribution >= 0.6 is 0 Å². The number of hydrogen-bond donors (Lipinski definition) is 1. The van der Waals surface area contributed by atoms with Gasteiger partial charge in [0, 0.05) is 24.7 Å². The lowest BCUT2D eigenvalue weighted by Gasteiger charge is -2.41. The Labute approximate surface area is 172 Å². The topological polar surface area (TPSA) is 68.2 Å². The molecule has 29 heavy (non-hydrogen) atoms. The summed E-state index contributed by atoms with van der Waals surface area (Å²) in [5.74, 6) is 0.675. The van der Waals surface area contributed by atoms with Crippen molar-refractivity contribution in [1.82, 2.24) is 0 Å². The van der Waals surface area contributed by atoms with Gasteiger partial charge in [0.1, 0.15) is 5.75 Å². The summed E-state index contributed by atoms with van der Waals surface area (Å²) in [6.45, 7) is 12.6. The minimum absolute atomic E-state index is 0.0552. The number of carbonyl (C=O) groups is 1. The van der Waals surface area contributed by atoms with Crippen molar-refractivity contribution in [2.24, 2.45) is 0 Å². The van der Waals surface area contributed by atoms with Gasteiger partial charge in [0.05, 0.1) is 19.3 Å². The summed E-state index contributed by atoms with van der Waals surface area (Å²) in [7, 11) is 1.63. The van der Waals surface area contributed by atoms with E-state index in [0.717, 1.165) is 17.0 Å². The Bertz CT molecular complexity index is 829. The third kappa shape index (κ3) is 3.86. The van der Waals surface area contributed by atoms with Crippen molar-refractivity contribution in [3.63, 3.8) is 0 Å². The van der Waals surface area contributed by atoms with Crippen LogP contribution in [0.2, 0.25) is 0 Å². The zero-order chi connectivity index (χ0) is 21.3. The van der Waals surface area contributed by atoms with Gasteiger partial charge in [0.15, 0.2) is 11.4 Å². The van der Waals surface area contributed by atoms with Crippen molar-refractivity contribution in [2.45, 2.75) is 57.8 Å². The molecular weight excluding hydrogens is 370 g/mol. The minimum atomic E-state index is -1.68. The van der Waals surface area contributed by atoms with Crippen LogP contribution in [0.25, 0.3) is 0 Å². The lowest BCUT2D eigenvalue weighted by molar-refractivity contribution is -0.151. The van der Waals surface area contributed by atoms with E-state index in [4.69, 9.17) is 14.2 Å². The first-order valence-electron chi connectivity index (χ1n) is 10.1. The first kappa shape index (κ1) is 21.2. The van der Waals surface area contributed by atoms with Crippen LogP contribution in [-0.4, -0.2) is 48.9 Å². The van der Waals surface area contributed by atoms with E-state index >= 15 is 0 Å². The van der Waals surface area contributed by atoms with Crippen LogP contribution in [0.5, 0.6) is 5.75 Å². The average Bonchev–Trinajstić information content (AvgIpc) is 3.00. The van der Waals surface area contributed by atoms with Gasteiger partial charge in [-0.1, -0.05) is 6.08 Å². The fourth-order valence-corrected chi connectivity index (χ4v) is 4.03. The molecular formula is C23H31NO5. The number of rotatable bonds is 9. The van der Waals surface area contributed by atoms with Gasteiger partial charge in [-0.3, -0.25) is 4.79 Å². The zero-order valence-corrected chi connectivity index (χ0v) is 17.9. The summed E-state index contributed by atoms with van der Waals surface area (Å²) >= 11 is 0. The summed E-state index contributed by atoms with van der Waals surface area (Å²) in [5.41, 5.74) is 0.443. The fourth-order valence-electron chi connectivity index (χ4n) is 4.03. The Morgan fingerprint density at radius 3 is 2.55 bits per heavy atom. The Balaban J connectivity index is 1.93. The number of carbonyl (C=O) groups excluding carboxylic acids is 1. The maximum atomic E-state index is 12.9. The minimum Gasteiger partial charge on any atom is -0.497 e. The molecule has 2 aliphatic rings.